The largest absolute Gasteiger partial charge is 0.355 e. The fourth-order valence-electron chi connectivity index (χ4n) is 1.98. The van der Waals surface area contributed by atoms with Gasteiger partial charge in [0.2, 0.25) is 5.91 Å². The third-order valence-electron chi connectivity index (χ3n) is 3.17. The maximum absolute atomic E-state index is 11.8. The third-order valence-corrected chi connectivity index (χ3v) is 3.17. The summed E-state index contributed by atoms with van der Waals surface area (Å²) in [5, 5.41) is 5.39. The molecule has 0 spiro atoms. The number of carbonyl (C=O) groups excluding carboxylic acids is 2. The van der Waals surface area contributed by atoms with Crippen LogP contribution >= 0.6 is 0 Å². The SMILES string of the molecule is O=C(CNC(=O)c1ccccc1)NCCCCn1ccnc1. The van der Waals surface area contributed by atoms with Gasteiger partial charge in [0.25, 0.3) is 5.91 Å². The van der Waals surface area contributed by atoms with Crippen LogP contribution in [0.25, 0.3) is 0 Å². The van der Waals surface area contributed by atoms with Gasteiger partial charge in [-0.2, -0.15) is 0 Å². The van der Waals surface area contributed by atoms with Gasteiger partial charge in [0, 0.05) is 31.0 Å². The summed E-state index contributed by atoms with van der Waals surface area (Å²) < 4.78 is 2.00. The molecule has 1 aromatic heterocycles. The second-order valence-corrected chi connectivity index (χ2v) is 4.91. The van der Waals surface area contributed by atoms with Gasteiger partial charge >= 0.3 is 0 Å². The van der Waals surface area contributed by atoms with Gasteiger partial charge in [-0.3, -0.25) is 9.59 Å². The van der Waals surface area contributed by atoms with Crippen LogP contribution in [0.4, 0.5) is 0 Å². The molecule has 0 atom stereocenters. The van der Waals surface area contributed by atoms with Gasteiger partial charge in [0.15, 0.2) is 0 Å². The summed E-state index contributed by atoms with van der Waals surface area (Å²) in [6.45, 7) is 1.49. The van der Waals surface area contributed by atoms with E-state index in [1.807, 2.05) is 16.8 Å². The Kier molecular flexibility index (Phi) is 6.17. The lowest BCUT2D eigenvalue weighted by molar-refractivity contribution is -0.120. The fourth-order valence-corrected chi connectivity index (χ4v) is 1.98. The molecule has 0 aliphatic carbocycles. The van der Waals surface area contributed by atoms with Crippen LogP contribution in [0.1, 0.15) is 23.2 Å². The van der Waals surface area contributed by atoms with Crippen LogP contribution in [-0.4, -0.2) is 34.5 Å². The van der Waals surface area contributed by atoms with E-state index in [1.165, 1.54) is 0 Å². The maximum Gasteiger partial charge on any atom is 0.251 e. The highest BCUT2D eigenvalue weighted by atomic mass is 16.2. The van der Waals surface area contributed by atoms with E-state index in [0.717, 1.165) is 19.4 Å². The van der Waals surface area contributed by atoms with E-state index in [9.17, 15) is 9.59 Å². The second kappa shape index (κ2) is 8.61. The Bertz CT molecular complexity index is 581. The first-order chi connectivity index (χ1) is 10.8. The van der Waals surface area contributed by atoms with Gasteiger partial charge in [0.05, 0.1) is 12.9 Å². The van der Waals surface area contributed by atoms with E-state index in [0.29, 0.717) is 12.1 Å². The summed E-state index contributed by atoms with van der Waals surface area (Å²) in [5.41, 5.74) is 0.552. The molecule has 0 aliphatic rings. The molecule has 0 bridgehead atoms. The number of amides is 2. The summed E-state index contributed by atoms with van der Waals surface area (Å²) in [7, 11) is 0. The molecular weight excluding hydrogens is 280 g/mol. The predicted molar refractivity (Wildman–Crippen MR) is 83.2 cm³/mol. The molecule has 2 aromatic rings. The van der Waals surface area contributed by atoms with Gasteiger partial charge in [-0.15, -0.1) is 0 Å². The molecule has 2 amide bonds. The number of imidazole rings is 1. The molecule has 2 N–H and O–H groups in total. The minimum atomic E-state index is -0.240. The van der Waals surface area contributed by atoms with E-state index in [4.69, 9.17) is 0 Å². The van der Waals surface area contributed by atoms with Crippen molar-refractivity contribution in [2.45, 2.75) is 19.4 Å². The van der Waals surface area contributed by atoms with Crippen LogP contribution in [0.3, 0.4) is 0 Å². The number of nitrogens with one attached hydrogen (secondary N) is 2. The highest BCUT2D eigenvalue weighted by Crippen LogP contribution is 1.97. The number of carbonyl (C=O) groups is 2. The normalized spacial score (nSPS) is 10.2. The quantitative estimate of drug-likeness (QED) is 0.720. The van der Waals surface area contributed by atoms with E-state index in [2.05, 4.69) is 15.6 Å². The monoisotopic (exact) mass is 300 g/mol. The lowest BCUT2D eigenvalue weighted by Gasteiger charge is -2.07. The Morgan fingerprint density at radius 1 is 1.09 bits per heavy atom. The summed E-state index contributed by atoms with van der Waals surface area (Å²) in [5.74, 6) is -0.414. The zero-order valence-corrected chi connectivity index (χ0v) is 12.4. The lowest BCUT2D eigenvalue weighted by atomic mass is 10.2. The maximum atomic E-state index is 11.8. The number of aryl methyl sites for hydroxylation is 1. The van der Waals surface area contributed by atoms with Gasteiger partial charge in [-0.05, 0) is 25.0 Å². The molecule has 1 aromatic carbocycles. The molecule has 6 heteroatoms. The van der Waals surface area contributed by atoms with Crippen molar-refractivity contribution in [3.63, 3.8) is 0 Å². The summed E-state index contributed by atoms with van der Waals surface area (Å²) >= 11 is 0. The minimum Gasteiger partial charge on any atom is -0.355 e. The van der Waals surface area contributed by atoms with E-state index in [1.54, 1.807) is 36.8 Å². The van der Waals surface area contributed by atoms with Gasteiger partial charge in [0.1, 0.15) is 0 Å². The number of aromatic nitrogens is 2. The fraction of sp³-hybridized carbons (Fsp3) is 0.312. The van der Waals surface area contributed by atoms with Crippen molar-refractivity contribution in [2.24, 2.45) is 0 Å². The number of unbranched alkanes of at least 4 members (excludes halogenated alkanes) is 1. The Balaban J connectivity index is 1.55. The van der Waals surface area contributed by atoms with Gasteiger partial charge in [-0.1, -0.05) is 18.2 Å². The number of nitrogens with zero attached hydrogens (tertiary/aromatic N) is 2. The van der Waals surface area contributed by atoms with Gasteiger partial charge in [-0.25, -0.2) is 4.98 Å². The zero-order valence-electron chi connectivity index (χ0n) is 12.4. The number of benzene rings is 1. The first kappa shape index (κ1) is 15.8. The molecule has 0 saturated heterocycles. The van der Waals surface area contributed by atoms with Crippen LogP contribution in [0.5, 0.6) is 0 Å². The van der Waals surface area contributed by atoms with Crippen LogP contribution in [0.2, 0.25) is 0 Å². The molecule has 0 fully saturated rings. The third kappa shape index (κ3) is 5.40. The van der Waals surface area contributed by atoms with Crippen molar-refractivity contribution in [3.05, 3.63) is 54.6 Å². The molecule has 22 heavy (non-hydrogen) atoms. The highest BCUT2D eigenvalue weighted by molar-refractivity contribution is 5.96. The predicted octanol–water partition coefficient (Wildman–Crippen LogP) is 1.21. The standard InChI is InChI=1S/C16H20N4O2/c21-15(12-19-16(22)14-6-2-1-3-7-14)18-8-4-5-10-20-11-9-17-13-20/h1-3,6-7,9,11,13H,4-5,8,10,12H2,(H,18,21)(H,19,22). The average molecular weight is 300 g/mol. The molecule has 6 nitrogen and oxygen atoms in total. The molecule has 0 radical (unpaired) electrons. The number of rotatable bonds is 8. The second-order valence-electron chi connectivity index (χ2n) is 4.91. The van der Waals surface area contributed by atoms with Crippen LogP contribution in [0.15, 0.2) is 49.1 Å². The van der Waals surface area contributed by atoms with E-state index >= 15 is 0 Å². The Morgan fingerprint density at radius 2 is 1.91 bits per heavy atom. The minimum absolute atomic E-state index is 0.00471. The summed E-state index contributed by atoms with van der Waals surface area (Å²) in [6.07, 6.45) is 7.29. The van der Waals surface area contributed by atoms with Crippen LogP contribution in [-0.2, 0) is 11.3 Å². The van der Waals surface area contributed by atoms with Crippen molar-refractivity contribution in [2.75, 3.05) is 13.1 Å². The molecule has 2 rings (SSSR count). The molecule has 0 aliphatic heterocycles. The smallest absolute Gasteiger partial charge is 0.251 e. The summed E-state index contributed by atoms with van der Waals surface area (Å²) in [4.78, 5) is 27.4. The van der Waals surface area contributed by atoms with E-state index < -0.39 is 0 Å². The topological polar surface area (TPSA) is 76.0 Å². The average Bonchev–Trinajstić information content (AvgIpc) is 3.06. The molecule has 1 heterocycles. The Morgan fingerprint density at radius 3 is 2.64 bits per heavy atom. The first-order valence-corrected chi connectivity index (χ1v) is 7.31. The molecule has 0 saturated carbocycles. The molecule has 116 valence electrons. The van der Waals surface area contributed by atoms with Crippen molar-refractivity contribution in [1.29, 1.82) is 0 Å². The number of hydrogen-bond donors (Lipinski definition) is 2. The summed E-state index contributed by atoms with van der Waals surface area (Å²) in [6, 6.07) is 8.84. The first-order valence-electron chi connectivity index (χ1n) is 7.31. The zero-order chi connectivity index (χ0) is 15.6. The van der Waals surface area contributed by atoms with Crippen molar-refractivity contribution < 1.29 is 9.59 Å². The van der Waals surface area contributed by atoms with Crippen molar-refractivity contribution in [3.8, 4) is 0 Å². The molecular formula is C16H20N4O2. The van der Waals surface area contributed by atoms with Crippen molar-refractivity contribution in [1.82, 2.24) is 20.2 Å². The molecule has 0 unspecified atom stereocenters. The van der Waals surface area contributed by atoms with Crippen LogP contribution in [0, 0.1) is 0 Å². The highest BCUT2D eigenvalue weighted by Gasteiger charge is 2.06. The lowest BCUT2D eigenvalue weighted by Crippen LogP contribution is -2.37. The van der Waals surface area contributed by atoms with Crippen LogP contribution < -0.4 is 10.6 Å². The Hall–Kier alpha value is -2.63. The van der Waals surface area contributed by atoms with E-state index in [-0.39, 0.29) is 18.4 Å². The number of hydrogen-bond acceptors (Lipinski definition) is 3. The van der Waals surface area contributed by atoms with Gasteiger partial charge < -0.3 is 15.2 Å². The van der Waals surface area contributed by atoms with Crippen molar-refractivity contribution >= 4 is 11.8 Å². The Labute approximate surface area is 129 Å².